The van der Waals surface area contributed by atoms with Gasteiger partial charge in [-0.25, -0.2) is 4.39 Å². The second kappa shape index (κ2) is 16.7. The first-order valence-corrected chi connectivity index (χ1v) is 15.4. The number of carbonyl (C=O) groups is 2. The van der Waals surface area contributed by atoms with Gasteiger partial charge in [0, 0.05) is 30.9 Å². The Hall–Kier alpha value is -2.25. The summed E-state index contributed by atoms with van der Waals surface area (Å²) in [6.45, 7) is 8.80. The summed E-state index contributed by atoms with van der Waals surface area (Å²) >= 11 is 1.64. The summed E-state index contributed by atoms with van der Waals surface area (Å²) in [6.07, 6.45) is 11.1. The largest absolute Gasteiger partial charge is 0.332 e. The van der Waals surface area contributed by atoms with Gasteiger partial charge in [-0.05, 0) is 74.0 Å². The number of amides is 2. The van der Waals surface area contributed by atoms with Gasteiger partial charge < -0.3 is 14.7 Å². The summed E-state index contributed by atoms with van der Waals surface area (Å²) in [4.78, 5) is 34.1. The topological polar surface area (TPSA) is 43.9 Å². The van der Waals surface area contributed by atoms with Crippen molar-refractivity contribution < 1.29 is 14.0 Å². The molecule has 0 radical (unpaired) electrons. The van der Waals surface area contributed by atoms with Crippen LogP contribution < -0.4 is 0 Å². The number of thiophene rings is 1. The number of nitrogens with zero attached hydrogens (tertiary/aromatic N) is 3. The number of benzene rings is 1. The van der Waals surface area contributed by atoms with Crippen LogP contribution in [-0.4, -0.2) is 59.2 Å². The van der Waals surface area contributed by atoms with Crippen LogP contribution in [0.15, 0.2) is 35.7 Å². The Bertz CT molecular complexity index is 972. The van der Waals surface area contributed by atoms with E-state index in [9.17, 15) is 14.0 Å². The normalized spacial score (nSPS) is 13.7. The number of hydrogen-bond acceptors (Lipinski definition) is 4. The number of rotatable bonds is 17. The highest BCUT2D eigenvalue weighted by Gasteiger charge is 2.23. The van der Waals surface area contributed by atoms with Gasteiger partial charge in [0.05, 0.1) is 13.1 Å². The van der Waals surface area contributed by atoms with Crippen LogP contribution in [-0.2, 0) is 22.7 Å². The van der Waals surface area contributed by atoms with Crippen LogP contribution >= 0.6 is 11.3 Å². The molecule has 1 fully saturated rings. The Labute approximate surface area is 233 Å². The quantitative estimate of drug-likeness (QED) is 0.206. The average molecular weight is 544 g/mol. The van der Waals surface area contributed by atoms with E-state index in [-0.39, 0.29) is 24.2 Å². The van der Waals surface area contributed by atoms with Crippen molar-refractivity contribution in [1.82, 2.24) is 14.7 Å². The molecule has 2 aromatic rings. The minimum Gasteiger partial charge on any atom is -0.332 e. The molecule has 0 saturated carbocycles. The van der Waals surface area contributed by atoms with Gasteiger partial charge in [-0.15, -0.1) is 11.3 Å². The summed E-state index contributed by atoms with van der Waals surface area (Å²) < 4.78 is 13.5. The molecule has 2 heterocycles. The SMILES string of the molecule is CCCCCCCCCC(=O)N(CCN1CCCC1)CC(=O)N(Cc1ccc(F)cc1)Cc1sccc1C. The maximum Gasteiger partial charge on any atom is 0.242 e. The third kappa shape index (κ3) is 10.5. The molecule has 7 heteroatoms. The molecule has 2 amide bonds. The number of unbranched alkanes of at least 4 members (excludes halogenated alkanes) is 6. The fraction of sp³-hybridized carbons (Fsp3) is 0.613. The van der Waals surface area contributed by atoms with Gasteiger partial charge in [-0.3, -0.25) is 9.59 Å². The zero-order valence-corrected chi connectivity index (χ0v) is 24.2. The third-order valence-corrected chi connectivity index (χ3v) is 8.51. The first-order valence-electron chi connectivity index (χ1n) is 14.5. The Morgan fingerprint density at radius 1 is 0.895 bits per heavy atom. The number of carbonyl (C=O) groups excluding carboxylic acids is 2. The van der Waals surface area contributed by atoms with Crippen LogP contribution in [0.25, 0.3) is 0 Å². The van der Waals surface area contributed by atoms with Crippen molar-refractivity contribution in [3.05, 3.63) is 57.5 Å². The van der Waals surface area contributed by atoms with Crippen molar-refractivity contribution in [1.29, 1.82) is 0 Å². The molecule has 1 aliphatic heterocycles. The van der Waals surface area contributed by atoms with Crippen molar-refractivity contribution in [3.8, 4) is 0 Å². The van der Waals surface area contributed by atoms with E-state index in [0.717, 1.165) is 48.5 Å². The molecule has 0 bridgehead atoms. The fourth-order valence-electron chi connectivity index (χ4n) is 5.00. The predicted octanol–water partition coefficient (Wildman–Crippen LogP) is 6.79. The highest BCUT2D eigenvalue weighted by Crippen LogP contribution is 2.20. The maximum absolute atomic E-state index is 13.7. The smallest absolute Gasteiger partial charge is 0.242 e. The second-order valence-corrected chi connectivity index (χ2v) is 11.6. The third-order valence-electron chi connectivity index (χ3n) is 7.50. The fourth-order valence-corrected chi connectivity index (χ4v) is 5.92. The lowest BCUT2D eigenvalue weighted by atomic mass is 10.1. The lowest BCUT2D eigenvalue weighted by Gasteiger charge is -2.29. The summed E-state index contributed by atoms with van der Waals surface area (Å²) in [6, 6.07) is 8.39. The predicted molar refractivity (Wildman–Crippen MR) is 155 cm³/mol. The van der Waals surface area contributed by atoms with Crippen LogP contribution in [0.5, 0.6) is 0 Å². The number of likely N-dealkylation sites (tertiary alicyclic amines) is 1. The van der Waals surface area contributed by atoms with E-state index >= 15 is 0 Å². The lowest BCUT2D eigenvalue weighted by Crippen LogP contribution is -2.45. The van der Waals surface area contributed by atoms with Crippen LogP contribution in [0.4, 0.5) is 4.39 Å². The van der Waals surface area contributed by atoms with Gasteiger partial charge in [-0.1, -0.05) is 57.6 Å². The van der Waals surface area contributed by atoms with Gasteiger partial charge in [-0.2, -0.15) is 0 Å². The van der Waals surface area contributed by atoms with Crippen LogP contribution in [0.1, 0.15) is 87.1 Å². The molecule has 1 saturated heterocycles. The molecule has 210 valence electrons. The van der Waals surface area contributed by atoms with Gasteiger partial charge in [0.2, 0.25) is 11.8 Å². The Morgan fingerprint density at radius 2 is 1.58 bits per heavy atom. The van der Waals surface area contributed by atoms with E-state index in [0.29, 0.717) is 26.1 Å². The molecule has 0 spiro atoms. The summed E-state index contributed by atoms with van der Waals surface area (Å²) in [5.74, 6) is -0.263. The van der Waals surface area contributed by atoms with E-state index < -0.39 is 0 Å². The van der Waals surface area contributed by atoms with Gasteiger partial charge in [0.15, 0.2) is 0 Å². The van der Waals surface area contributed by atoms with E-state index in [2.05, 4.69) is 24.8 Å². The monoisotopic (exact) mass is 543 g/mol. The minimum absolute atomic E-state index is 0.0588. The van der Waals surface area contributed by atoms with Crippen LogP contribution in [0, 0.1) is 12.7 Å². The maximum atomic E-state index is 13.7. The molecular formula is C31H46FN3O2S. The molecule has 1 aromatic heterocycles. The second-order valence-electron chi connectivity index (χ2n) is 10.6. The first-order chi connectivity index (χ1) is 18.5. The Kier molecular flexibility index (Phi) is 13.3. The molecule has 3 rings (SSSR count). The Morgan fingerprint density at radius 3 is 2.24 bits per heavy atom. The summed E-state index contributed by atoms with van der Waals surface area (Å²) in [5.41, 5.74) is 2.04. The number of halogens is 1. The molecule has 0 atom stereocenters. The van der Waals surface area contributed by atoms with E-state index in [1.807, 2.05) is 10.3 Å². The van der Waals surface area contributed by atoms with Crippen molar-refractivity contribution in [2.45, 2.75) is 91.1 Å². The molecule has 1 aliphatic rings. The van der Waals surface area contributed by atoms with E-state index in [1.165, 1.54) is 57.1 Å². The van der Waals surface area contributed by atoms with Crippen molar-refractivity contribution >= 4 is 23.2 Å². The summed E-state index contributed by atoms with van der Waals surface area (Å²) in [5, 5.41) is 2.04. The number of hydrogen-bond donors (Lipinski definition) is 0. The minimum atomic E-state index is -0.287. The zero-order valence-electron chi connectivity index (χ0n) is 23.4. The van der Waals surface area contributed by atoms with Crippen LogP contribution in [0.3, 0.4) is 0 Å². The van der Waals surface area contributed by atoms with Crippen molar-refractivity contribution in [3.63, 3.8) is 0 Å². The zero-order chi connectivity index (χ0) is 27.2. The molecule has 0 N–H and O–H groups in total. The van der Waals surface area contributed by atoms with Gasteiger partial charge in [0.25, 0.3) is 0 Å². The van der Waals surface area contributed by atoms with Gasteiger partial charge >= 0.3 is 0 Å². The van der Waals surface area contributed by atoms with Gasteiger partial charge in [0.1, 0.15) is 5.82 Å². The molecule has 1 aromatic carbocycles. The molecule has 0 unspecified atom stereocenters. The molecule has 0 aliphatic carbocycles. The summed E-state index contributed by atoms with van der Waals surface area (Å²) in [7, 11) is 0. The molecule has 38 heavy (non-hydrogen) atoms. The highest BCUT2D eigenvalue weighted by atomic mass is 32.1. The number of aryl methyl sites for hydroxylation is 1. The van der Waals surface area contributed by atoms with Crippen LogP contribution in [0.2, 0.25) is 0 Å². The van der Waals surface area contributed by atoms with E-state index in [4.69, 9.17) is 0 Å². The Balaban J connectivity index is 1.64. The van der Waals surface area contributed by atoms with Crippen molar-refractivity contribution in [2.75, 3.05) is 32.7 Å². The molecular weight excluding hydrogens is 497 g/mol. The molecule has 5 nitrogen and oxygen atoms in total. The average Bonchev–Trinajstić information content (AvgIpc) is 3.58. The standard InChI is InChI=1S/C31H46FN3O2S/c1-3-4-5-6-7-8-9-12-30(36)34(21-20-33-18-10-11-19-33)25-31(37)35(24-29-26(2)17-22-38-29)23-27-13-15-28(32)16-14-27/h13-17,22H,3-12,18-21,23-25H2,1-2H3. The van der Waals surface area contributed by atoms with E-state index in [1.54, 1.807) is 28.4 Å². The first kappa shape index (κ1) is 30.3. The highest BCUT2D eigenvalue weighted by molar-refractivity contribution is 7.10. The lowest BCUT2D eigenvalue weighted by molar-refractivity contribution is -0.141. The van der Waals surface area contributed by atoms with Crippen molar-refractivity contribution in [2.24, 2.45) is 0 Å².